The van der Waals surface area contributed by atoms with Crippen LogP contribution in [0.3, 0.4) is 0 Å². The first-order valence-corrected chi connectivity index (χ1v) is 10.3. The summed E-state index contributed by atoms with van der Waals surface area (Å²) in [5.74, 6) is 0.238. The minimum atomic E-state index is -3.42. The molecule has 0 saturated carbocycles. The number of para-hydroxylation sites is 1. The van der Waals surface area contributed by atoms with Crippen LogP contribution in [0.5, 0.6) is 0 Å². The molecule has 0 radical (unpaired) electrons. The van der Waals surface area contributed by atoms with Crippen molar-refractivity contribution in [3.63, 3.8) is 0 Å². The molecule has 3 aromatic rings. The Hall–Kier alpha value is -2.56. The van der Waals surface area contributed by atoms with E-state index < -0.39 is 21.1 Å². The minimum absolute atomic E-state index is 0.135. The molecule has 1 aromatic heterocycles. The molecule has 2 aromatic carbocycles. The third kappa shape index (κ3) is 3.82. The lowest BCUT2D eigenvalue weighted by Gasteiger charge is -2.21. The largest absolute Gasteiger partial charge is 0.755 e. The number of nitrogens with zero attached hydrogens (tertiary/aromatic N) is 3. The zero-order valence-electron chi connectivity index (χ0n) is 13.9. The van der Waals surface area contributed by atoms with Gasteiger partial charge in [0.2, 0.25) is 5.95 Å². The van der Waals surface area contributed by atoms with Gasteiger partial charge in [0.05, 0.1) is 10.4 Å². The molecule has 0 aliphatic carbocycles. The number of aromatic nitrogens is 2. The summed E-state index contributed by atoms with van der Waals surface area (Å²) in [5.41, 5.74) is 1.48. The Labute approximate surface area is 153 Å². The van der Waals surface area contributed by atoms with E-state index in [0.29, 0.717) is 22.3 Å². The monoisotopic (exact) mass is 391 g/mol. The van der Waals surface area contributed by atoms with E-state index in [2.05, 4.69) is 15.3 Å². The molecular formula is C16H15N4O4S2-. The van der Waals surface area contributed by atoms with Crippen LogP contribution >= 0.6 is 0 Å². The maximum atomic E-state index is 11.9. The molecule has 1 unspecified atom stereocenters. The summed E-state index contributed by atoms with van der Waals surface area (Å²) >= 11 is -2.35. The van der Waals surface area contributed by atoms with E-state index in [1.54, 1.807) is 42.6 Å². The van der Waals surface area contributed by atoms with Crippen LogP contribution in [0, 0.1) is 0 Å². The van der Waals surface area contributed by atoms with Crippen LogP contribution in [0.4, 0.5) is 17.3 Å². The van der Waals surface area contributed by atoms with Crippen molar-refractivity contribution in [2.45, 2.75) is 4.90 Å². The van der Waals surface area contributed by atoms with Gasteiger partial charge in [-0.2, -0.15) is 0 Å². The molecule has 0 aliphatic heterocycles. The van der Waals surface area contributed by atoms with Crippen molar-refractivity contribution in [2.75, 3.05) is 22.9 Å². The number of hydrogen-bond donors (Lipinski definition) is 1. The lowest BCUT2D eigenvalue weighted by atomic mass is 10.2. The predicted molar refractivity (Wildman–Crippen MR) is 99.7 cm³/mol. The Kier molecular flexibility index (Phi) is 4.90. The molecule has 1 N–H and O–H groups in total. The molecule has 26 heavy (non-hydrogen) atoms. The van der Waals surface area contributed by atoms with Gasteiger partial charge in [-0.15, -0.1) is 0 Å². The van der Waals surface area contributed by atoms with E-state index in [0.717, 1.165) is 10.6 Å². The normalized spacial score (nSPS) is 12.7. The lowest BCUT2D eigenvalue weighted by Crippen LogP contribution is -2.19. The maximum absolute atomic E-state index is 11.9. The average molecular weight is 391 g/mol. The number of benzene rings is 2. The number of sulfone groups is 1. The van der Waals surface area contributed by atoms with Gasteiger partial charge in [0.15, 0.2) is 9.84 Å². The van der Waals surface area contributed by atoms with Gasteiger partial charge in [0, 0.05) is 47.5 Å². The summed E-state index contributed by atoms with van der Waals surface area (Å²) < 4.78 is 46.9. The summed E-state index contributed by atoms with van der Waals surface area (Å²) in [5, 5.41) is 3.60. The Morgan fingerprint density at radius 1 is 1.15 bits per heavy atom. The van der Waals surface area contributed by atoms with Crippen LogP contribution in [0.15, 0.2) is 53.6 Å². The van der Waals surface area contributed by atoms with E-state index in [9.17, 15) is 17.2 Å². The summed E-state index contributed by atoms with van der Waals surface area (Å²) in [6.07, 6.45) is 2.67. The Bertz CT molecular complexity index is 1090. The number of hydrogen-bond acceptors (Lipinski definition) is 7. The van der Waals surface area contributed by atoms with Gasteiger partial charge in [-0.1, -0.05) is 12.1 Å². The zero-order valence-corrected chi connectivity index (χ0v) is 15.5. The number of nitrogens with one attached hydrogen (secondary N) is 1. The quantitative estimate of drug-likeness (QED) is 0.661. The second-order valence-corrected chi connectivity index (χ2v) is 8.51. The van der Waals surface area contributed by atoms with Gasteiger partial charge >= 0.3 is 0 Å². The van der Waals surface area contributed by atoms with Crippen LogP contribution in [-0.4, -0.2) is 40.5 Å². The van der Waals surface area contributed by atoms with Crippen molar-refractivity contribution >= 4 is 49.3 Å². The fourth-order valence-electron chi connectivity index (χ4n) is 2.36. The van der Waals surface area contributed by atoms with Crippen molar-refractivity contribution < 1.29 is 17.2 Å². The maximum Gasteiger partial charge on any atom is 0.227 e. The summed E-state index contributed by atoms with van der Waals surface area (Å²) in [6.45, 7) is 0. The third-order valence-corrected chi connectivity index (χ3v) is 5.47. The third-order valence-electron chi connectivity index (χ3n) is 3.68. The summed E-state index contributed by atoms with van der Waals surface area (Å²) in [6, 6.07) is 11.5. The second-order valence-electron chi connectivity index (χ2n) is 5.55. The average Bonchev–Trinajstić information content (AvgIpc) is 2.60. The van der Waals surface area contributed by atoms with E-state index in [1.165, 1.54) is 13.1 Å². The second kappa shape index (κ2) is 6.98. The van der Waals surface area contributed by atoms with Gasteiger partial charge in [-0.25, -0.2) is 18.4 Å². The van der Waals surface area contributed by atoms with E-state index in [4.69, 9.17) is 0 Å². The van der Waals surface area contributed by atoms with Gasteiger partial charge in [0.25, 0.3) is 0 Å². The van der Waals surface area contributed by atoms with E-state index in [-0.39, 0.29) is 10.8 Å². The molecule has 0 bridgehead atoms. The van der Waals surface area contributed by atoms with Crippen LogP contribution in [0.25, 0.3) is 10.9 Å². The highest BCUT2D eigenvalue weighted by molar-refractivity contribution is 7.91. The molecule has 0 amide bonds. The fraction of sp³-hybridized carbons (Fsp3) is 0.125. The first kappa shape index (κ1) is 18.2. The molecule has 8 nitrogen and oxygen atoms in total. The zero-order chi connectivity index (χ0) is 18.9. The molecule has 136 valence electrons. The standard InChI is InChI=1S/C16H16N4O4S2/c1-20(25(21)22)13-8-6-12(7-9-13)18-16-17-10-11-4-3-5-14(15(11)19-16)26(2,23)24/h3-10H,1-2H3,(H,21,22)(H,17,18,19)/p-1. The highest BCUT2D eigenvalue weighted by Crippen LogP contribution is 2.24. The highest BCUT2D eigenvalue weighted by atomic mass is 32.2. The first-order valence-electron chi connectivity index (χ1n) is 7.42. The molecule has 0 fully saturated rings. The molecule has 0 saturated heterocycles. The van der Waals surface area contributed by atoms with Crippen molar-refractivity contribution in [1.29, 1.82) is 0 Å². The smallest absolute Gasteiger partial charge is 0.227 e. The summed E-state index contributed by atoms with van der Waals surface area (Å²) in [7, 11) is -1.99. The predicted octanol–water partition coefficient (Wildman–Crippen LogP) is 2.01. The molecule has 1 atom stereocenters. The number of rotatable bonds is 5. The molecule has 3 rings (SSSR count). The lowest BCUT2D eigenvalue weighted by molar-refractivity contribution is 0.535. The summed E-state index contributed by atoms with van der Waals surface area (Å²) in [4.78, 5) is 8.63. The Morgan fingerprint density at radius 2 is 1.85 bits per heavy atom. The van der Waals surface area contributed by atoms with Crippen LogP contribution in [0.2, 0.25) is 0 Å². The van der Waals surface area contributed by atoms with Crippen LogP contribution < -0.4 is 9.62 Å². The van der Waals surface area contributed by atoms with Crippen molar-refractivity contribution in [3.05, 3.63) is 48.7 Å². The topological polar surface area (TPSA) is 115 Å². The van der Waals surface area contributed by atoms with Crippen molar-refractivity contribution in [3.8, 4) is 0 Å². The van der Waals surface area contributed by atoms with Crippen molar-refractivity contribution in [1.82, 2.24) is 9.97 Å². The van der Waals surface area contributed by atoms with Gasteiger partial charge < -0.3 is 14.2 Å². The van der Waals surface area contributed by atoms with E-state index in [1.807, 2.05) is 0 Å². The van der Waals surface area contributed by atoms with E-state index >= 15 is 0 Å². The molecular weight excluding hydrogens is 376 g/mol. The number of anilines is 3. The molecule has 10 heteroatoms. The Morgan fingerprint density at radius 3 is 2.46 bits per heavy atom. The Balaban J connectivity index is 1.93. The molecule has 0 aliphatic rings. The number of fused-ring (bicyclic) bond motifs is 1. The minimum Gasteiger partial charge on any atom is -0.755 e. The van der Waals surface area contributed by atoms with Crippen LogP contribution in [-0.2, 0) is 21.1 Å². The SMILES string of the molecule is CN(c1ccc(Nc2ncc3cccc(S(C)(=O)=O)c3n2)cc1)S(=O)[O-]. The highest BCUT2D eigenvalue weighted by Gasteiger charge is 2.14. The van der Waals surface area contributed by atoms with Crippen LogP contribution in [0.1, 0.15) is 0 Å². The fourth-order valence-corrected chi connectivity index (χ4v) is 3.49. The molecule has 0 spiro atoms. The molecule has 1 heterocycles. The van der Waals surface area contributed by atoms with Gasteiger partial charge in [-0.3, -0.25) is 4.21 Å². The van der Waals surface area contributed by atoms with Gasteiger partial charge in [0.1, 0.15) is 0 Å². The van der Waals surface area contributed by atoms with Gasteiger partial charge in [-0.05, 0) is 30.3 Å². The van der Waals surface area contributed by atoms with Crippen molar-refractivity contribution in [2.24, 2.45) is 0 Å². The first-order chi connectivity index (χ1) is 12.3.